The Kier molecular flexibility index (Phi) is 3.85. The second-order valence-electron chi connectivity index (χ2n) is 4.98. The van der Waals surface area contributed by atoms with E-state index in [0.29, 0.717) is 36.1 Å². The molecule has 2 aromatic rings. The molecule has 0 amide bonds. The summed E-state index contributed by atoms with van der Waals surface area (Å²) in [6.45, 7) is 2.59. The highest BCUT2D eigenvalue weighted by molar-refractivity contribution is 9.10. The van der Waals surface area contributed by atoms with Gasteiger partial charge in [0.15, 0.2) is 5.82 Å². The number of sulfonamides is 1. The Morgan fingerprint density at radius 1 is 1.33 bits per heavy atom. The van der Waals surface area contributed by atoms with Crippen LogP contribution in [0.5, 0.6) is 0 Å². The molecule has 0 aliphatic carbocycles. The third kappa shape index (κ3) is 2.88. The van der Waals surface area contributed by atoms with E-state index in [-0.39, 0.29) is 5.92 Å². The van der Waals surface area contributed by atoms with Gasteiger partial charge in [-0.3, -0.25) is 0 Å². The number of hydrogen-bond acceptors (Lipinski definition) is 5. The number of hydrogen-bond donors (Lipinski definition) is 0. The van der Waals surface area contributed by atoms with Gasteiger partial charge in [0.1, 0.15) is 0 Å². The first-order chi connectivity index (χ1) is 9.96. The van der Waals surface area contributed by atoms with Crippen LogP contribution in [-0.4, -0.2) is 36.0 Å². The molecule has 1 aromatic heterocycles. The van der Waals surface area contributed by atoms with Gasteiger partial charge in [-0.2, -0.15) is 9.29 Å². The van der Waals surface area contributed by atoms with Crippen molar-refractivity contribution in [3.63, 3.8) is 0 Å². The number of halogens is 1. The fourth-order valence-corrected chi connectivity index (χ4v) is 4.15. The van der Waals surface area contributed by atoms with Crippen molar-refractivity contribution in [2.75, 3.05) is 13.1 Å². The number of nitrogens with zero attached hydrogens (tertiary/aromatic N) is 3. The van der Waals surface area contributed by atoms with E-state index in [9.17, 15) is 8.42 Å². The zero-order valence-electron chi connectivity index (χ0n) is 11.4. The largest absolute Gasteiger partial charge is 0.339 e. The quantitative estimate of drug-likeness (QED) is 0.827. The molecule has 21 heavy (non-hydrogen) atoms. The molecule has 6 nitrogen and oxygen atoms in total. The second-order valence-corrected chi connectivity index (χ2v) is 7.84. The van der Waals surface area contributed by atoms with E-state index in [0.717, 1.165) is 4.47 Å². The standard InChI is InChI=1S/C13H14BrN3O3S/c1-9-15-13(20-16-9)10-6-7-17(8-10)21(18,19)12-4-2-11(14)3-5-12/h2-5,10H,6-8H2,1H3. The summed E-state index contributed by atoms with van der Waals surface area (Å²) in [6, 6.07) is 6.65. The summed E-state index contributed by atoms with van der Waals surface area (Å²) in [5, 5.41) is 3.76. The van der Waals surface area contributed by atoms with Crippen LogP contribution in [0.1, 0.15) is 24.1 Å². The normalized spacial score (nSPS) is 20.0. The number of aryl methyl sites for hydroxylation is 1. The van der Waals surface area contributed by atoms with Crippen molar-refractivity contribution in [2.24, 2.45) is 0 Å². The molecule has 0 N–H and O–H groups in total. The maximum atomic E-state index is 12.6. The predicted octanol–water partition coefficient (Wildman–Crippen LogP) is 2.32. The molecule has 0 bridgehead atoms. The summed E-state index contributed by atoms with van der Waals surface area (Å²) in [5.41, 5.74) is 0. The molecule has 0 saturated carbocycles. The Bertz CT molecular complexity index is 742. The van der Waals surface area contributed by atoms with E-state index in [1.165, 1.54) is 4.31 Å². The average molecular weight is 372 g/mol. The molecule has 0 radical (unpaired) electrons. The van der Waals surface area contributed by atoms with Crippen molar-refractivity contribution in [3.05, 3.63) is 40.5 Å². The highest BCUT2D eigenvalue weighted by atomic mass is 79.9. The van der Waals surface area contributed by atoms with Gasteiger partial charge >= 0.3 is 0 Å². The van der Waals surface area contributed by atoms with Crippen molar-refractivity contribution in [3.8, 4) is 0 Å². The minimum absolute atomic E-state index is 0.0311. The molecule has 1 fully saturated rings. The van der Waals surface area contributed by atoms with Crippen LogP contribution >= 0.6 is 15.9 Å². The first-order valence-electron chi connectivity index (χ1n) is 6.53. The van der Waals surface area contributed by atoms with Gasteiger partial charge in [-0.05, 0) is 37.6 Å². The van der Waals surface area contributed by atoms with Crippen LogP contribution in [0.2, 0.25) is 0 Å². The predicted molar refractivity (Wildman–Crippen MR) is 79.3 cm³/mol. The summed E-state index contributed by atoms with van der Waals surface area (Å²) in [4.78, 5) is 4.49. The Balaban J connectivity index is 1.80. The van der Waals surface area contributed by atoms with Crippen LogP contribution in [0.15, 0.2) is 38.2 Å². The smallest absolute Gasteiger partial charge is 0.243 e. The Labute approximate surface area is 131 Å². The molecule has 1 aromatic carbocycles. The third-order valence-electron chi connectivity index (χ3n) is 3.49. The fraction of sp³-hybridized carbons (Fsp3) is 0.385. The molecule has 1 atom stereocenters. The number of aromatic nitrogens is 2. The lowest BCUT2D eigenvalue weighted by atomic mass is 10.1. The average Bonchev–Trinajstić information content (AvgIpc) is 3.08. The van der Waals surface area contributed by atoms with Crippen LogP contribution < -0.4 is 0 Å². The summed E-state index contributed by atoms with van der Waals surface area (Å²) < 4.78 is 32.6. The summed E-state index contributed by atoms with van der Waals surface area (Å²) >= 11 is 3.30. The minimum atomic E-state index is -3.47. The molecule has 3 rings (SSSR count). The lowest BCUT2D eigenvalue weighted by molar-refractivity contribution is 0.351. The van der Waals surface area contributed by atoms with Gasteiger partial charge in [-0.1, -0.05) is 21.1 Å². The van der Waals surface area contributed by atoms with Gasteiger partial charge in [0.25, 0.3) is 0 Å². The van der Waals surface area contributed by atoms with Crippen LogP contribution in [0.25, 0.3) is 0 Å². The third-order valence-corrected chi connectivity index (χ3v) is 5.90. The monoisotopic (exact) mass is 371 g/mol. The van der Waals surface area contributed by atoms with Gasteiger partial charge in [0, 0.05) is 17.6 Å². The van der Waals surface area contributed by atoms with Crippen LogP contribution in [0.4, 0.5) is 0 Å². The topological polar surface area (TPSA) is 76.3 Å². The van der Waals surface area contributed by atoms with Crippen molar-refractivity contribution < 1.29 is 12.9 Å². The van der Waals surface area contributed by atoms with Crippen molar-refractivity contribution in [1.29, 1.82) is 0 Å². The Morgan fingerprint density at radius 2 is 2.05 bits per heavy atom. The lowest BCUT2D eigenvalue weighted by Crippen LogP contribution is -2.28. The number of rotatable bonds is 3. The van der Waals surface area contributed by atoms with E-state index in [2.05, 4.69) is 26.1 Å². The first-order valence-corrected chi connectivity index (χ1v) is 8.76. The van der Waals surface area contributed by atoms with Crippen LogP contribution in [0.3, 0.4) is 0 Å². The minimum Gasteiger partial charge on any atom is -0.339 e. The van der Waals surface area contributed by atoms with E-state index >= 15 is 0 Å². The van der Waals surface area contributed by atoms with Crippen LogP contribution in [-0.2, 0) is 10.0 Å². The Morgan fingerprint density at radius 3 is 2.67 bits per heavy atom. The highest BCUT2D eigenvalue weighted by Gasteiger charge is 2.35. The Hall–Kier alpha value is -1.25. The van der Waals surface area contributed by atoms with Gasteiger partial charge in [-0.15, -0.1) is 0 Å². The summed E-state index contributed by atoms with van der Waals surface area (Å²) in [7, 11) is -3.47. The van der Waals surface area contributed by atoms with Gasteiger partial charge in [-0.25, -0.2) is 8.42 Å². The van der Waals surface area contributed by atoms with Crippen molar-refractivity contribution in [1.82, 2.24) is 14.4 Å². The number of benzene rings is 1. The zero-order chi connectivity index (χ0) is 15.0. The molecule has 1 unspecified atom stereocenters. The molecule has 112 valence electrons. The van der Waals surface area contributed by atoms with Gasteiger partial charge in [0.2, 0.25) is 15.9 Å². The van der Waals surface area contributed by atoms with Gasteiger partial charge < -0.3 is 4.52 Å². The van der Waals surface area contributed by atoms with E-state index in [1.807, 2.05) is 0 Å². The molecule has 1 aliphatic heterocycles. The highest BCUT2D eigenvalue weighted by Crippen LogP contribution is 2.30. The van der Waals surface area contributed by atoms with Gasteiger partial charge in [0.05, 0.1) is 10.8 Å². The molecule has 8 heteroatoms. The summed E-state index contributed by atoms with van der Waals surface area (Å²) in [5.74, 6) is 1.05. The van der Waals surface area contributed by atoms with Crippen molar-refractivity contribution in [2.45, 2.75) is 24.2 Å². The molecule has 0 spiro atoms. The molecule has 1 saturated heterocycles. The maximum Gasteiger partial charge on any atom is 0.243 e. The fourth-order valence-electron chi connectivity index (χ4n) is 2.38. The molecular formula is C13H14BrN3O3S. The first kappa shape index (κ1) is 14.7. The second kappa shape index (κ2) is 5.51. The van der Waals surface area contributed by atoms with Crippen molar-refractivity contribution >= 4 is 26.0 Å². The maximum absolute atomic E-state index is 12.6. The van der Waals surface area contributed by atoms with E-state index in [4.69, 9.17) is 4.52 Å². The zero-order valence-corrected chi connectivity index (χ0v) is 13.8. The van der Waals surface area contributed by atoms with Crippen LogP contribution in [0, 0.1) is 6.92 Å². The molecule has 1 aliphatic rings. The SMILES string of the molecule is Cc1noc(C2CCN(S(=O)(=O)c3ccc(Br)cc3)C2)n1. The molecule has 2 heterocycles. The van der Waals surface area contributed by atoms with E-state index in [1.54, 1.807) is 31.2 Å². The lowest BCUT2D eigenvalue weighted by Gasteiger charge is -2.16. The summed E-state index contributed by atoms with van der Waals surface area (Å²) in [6.07, 6.45) is 0.692. The molecular weight excluding hydrogens is 358 g/mol. The van der Waals surface area contributed by atoms with E-state index < -0.39 is 10.0 Å².